The number of benzene rings is 2. The largest absolute Gasteiger partial charge is 0.484 e. The Hall–Kier alpha value is -3.26. The molecular weight excluding hydrogens is 344 g/mol. The first-order valence-electron chi connectivity index (χ1n) is 8.75. The van der Waals surface area contributed by atoms with E-state index in [0.717, 1.165) is 11.3 Å². The molecule has 0 unspecified atom stereocenters. The van der Waals surface area contributed by atoms with Gasteiger partial charge in [-0.1, -0.05) is 36.4 Å². The first-order chi connectivity index (χ1) is 13.2. The molecule has 27 heavy (non-hydrogen) atoms. The zero-order valence-corrected chi connectivity index (χ0v) is 14.7. The minimum Gasteiger partial charge on any atom is -0.484 e. The molecule has 3 aromatic rings. The zero-order chi connectivity index (χ0) is 18.6. The van der Waals surface area contributed by atoms with E-state index in [1.165, 1.54) is 11.0 Å². The molecule has 2 aromatic carbocycles. The molecule has 0 saturated carbocycles. The maximum Gasteiger partial charge on any atom is 0.260 e. The van der Waals surface area contributed by atoms with E-state index in [1.54, 1.807) is 17.0 Å². The van der Waals surface area contributed by atoms with Crippen molar-refractivity contribution in [3.63, 3.8) is 0 Å². The van der Waals surface area contributed by atoms with Crippen molar-refractivity contribution in [3.8, 4) is 11.4 Å². The number of rotatable bonds is 5. The Morgan fingerprint density at radius 3 is 2.78 bits per heavy atom. The maximum atomic E-state index is 12.6. The predicted octanol–water partition coefficient (Wildman–Crippen LogP) is 0.994. The van der Waals surface area contributed by atoms with Crippen molar-refractivity contribution in [3.05, 3.63) is 66.5 Å². The molecule has 2 heterocycles. The van der Waals surface area contributed by atoms with E-state index in [0.29, 0.717) is 18.8 Å². The van der Waals surface area contributed by atoms with Crippen molar-refractivity contribution in [2.24, 2.45) is 5.73 Å². The summed E-state index contributed by atoms with van der Waals surface area (Å²) in [6.45, 7) is 1.11. The van der Waals surface area contributed by atoms with Gasteiger partial charge >= 0.3 is 0 Å². The van der Waals surface area contributed by atoms with Crippen molar-refractivity contribution in [1.82, 2.24) is 25.1 Å². The normalized spacial score (nSPS) is 19.2. The van der Waals surface area contributed by atoms with Crippen LogP contribution in [-0.4, -0.2) is 56.8 Å². The van der Waals surface area contributed by atoms with Crippen LogP contribution in [-0.2, 0) is 4.79 Å². The van der Waals surface area contributed by atoms with Crippen molar-refractivity contribution < 1.29 is 9.53 Å². The van der Waals surface area contributed by atoms with E-state index >= 15 is 0 Å². The van der Waals surface area contributed by atoms with Gasteiger partial charge in [0.25, 0.3) is 5.91 Å². The van der Waals surface area contributed by atoms with Crippen molar-refractivity contribution in [2.45, 2.75) is 12.0 Å². The van der Waals surface area contributed by atoms with Crippen LogP contribution >= 0.6 is 0 Å². The van der Waals surface area contributed by atoms with E-state index in [-0.39, 0.29) is 24.5 Å². The van der Waals surface area contributed by atoms with Crippen LogP contribution in [0.5, 0.6) is 5.75 Å². The standard InChI is InChI=1S/C19H20N6O2/c20-18-11-24(10-17(18)14-5-2-1-3-6-14)19(26)12-27-16-8-4-7-15(9-16)25-13-21-22-23-25/h1-9,13,17-18H,10-12,20H2/t17-,18+/m0/s1. The lowest BCUT2D eigenvalue weighted by molar-refractivity contribution is -0.132. The monoisotopic (exact) mass is 364 g/mol. The second-order valence-corrected chi connectivity index (χ2v) is 6.52. The summed E-state index contributed by atoms with van der Waals surface area (Å²) in [5.74, 6) is 0.662. The van der Waals surface area contributed by atoms with Crippen molar-refractivity contribution in [2.75, 3.05) is 19.7 Å². The van der Waals surface area contributed by atoms with Crippen LogP contribution < -0.4 is 10.5 Å². The van der Waals surface area contributed by atoms with Gasteiger partial charge in [-0.3, -0.25) is 4.79 Å². The molecule has 138 valence electrons. The van der Waals surface area contributed by atoms with Gasteiger partial charge in [-0.2, -0.15) is 0 Å². The van der Waals surface area contributed by atoms with Gasteiger partial charge < -0.3 is 15.4 Å². The maximum absolute atomic E-state index is 12.6. The number of amides is 1. The molecule has 1 aromatic heterocycles. The highest BCUT2D eigenvalue weighted by Crippen LogP contribution is 2.26. The third-order valence-electron chi connectivity index (χ3n) is 4.74. The Bertz CT molecular complexity index is 900. The molecule has 1 fully saturated rings. The molecule has 0 aliphatic carbocycles. The van der Waals surface area contributed by atoms with Gasteiger partial charge in [-0.25, -0.2) is 4.68 Å². The highest BCUT2D eigenvalue weighted by molar-refractivity contribution is 5.78. The summed E-state index contributed by atoms with van der Waals surface area (Å²) in [7, 11) is 0. The summed E-state index contributed by atoms with van der Waals surface area (Å²) in [6.07, 6.45) is 1.50. The van der Waals surface area contributed by atoms with Gasteiger partial charge in [0.1, 0.15) is 12.1 Å². The van der Waals surface area contributed by atoms with E-state index in [1.807, 2.05) is 30.3 Å². The van der Waals surface area contributed by atoms with Crippen LogP contribution in [0, 0.1) is 0 Å². The summed E-state index contributed by atoms with van der Waals surface area (Å²) >= 11 is 0. The second-order valence-electron chi connectivity index (χ2n) is 6.52. The summed E-state index contributed by atoms with van der Waals surface area (Å²) in [5, 5.41) is 11.1. The van der Waals surface area contributed by atoms with Crippen molar-refractivity contribution >= 4 is 5.91 Å². The third-order valence-corrected chi connectivity index (χ3v) is 4.74. The molecule has 1 saturated heterocycles. The molecule has 1 aliphatic rings. The SMILES string of the molecule is N[C@@H]1CN(C(=O)COc2cccc(-n3cnnn3)c2)C[C@H]1c1ccccc1. The number of carbonyl (C=O) groups excluding carboxylic acids is 1. The van der Waals surface area contributed by atoms with Gasteiger partial charge in [0.05, 0.1) is 5.69 Å². The van der Waals surface area contributed by atoms with E-state index in [2.05, 4.69) is 27.7 Å². The molecule has 0 bridgehead atoms. The molecule has 1 aliphatic heterocycles. The smallest absolute Gasteiger partial charge is 0.260 e. The van der Waals surface area contributed by atoms with Gasteiger partial charge in [-0.05, 0) is 28.1 Å². The van der Waals surface area contributed by atoms with E-state index < -0.39 is 0 Å². The average molecular weight is 364 g/mol. The molecule has 4 rings (SSSR count). The van der Waals surface area contributed by atoms with E-state index in [4.69, 9.17) is 10.5 Å². The molecule has 0 spiro atoms. The van der Waals surface area contributed by atoms with Crippen molar-refractivity contribution in [1.29, 1.82) is 0 Å². The minimum atomic E-state index is -0.0725. The van der Waals surface area contributed by atoms with Crippen LogP contribution in [0.2, 0.25) is 0 Å². The lowest BCUT2D eigenvalue weighted by Crippen LogP contribution is -2.35. The van der Waals surface area contributed by atoms with Crippen LogP contribution in [0.3, 0.4) is 0 Å². The number of nitrogens with zero attached hydrogens (tertiary/aromatic N) is 5. The third kappa shape index (κ3) is 3.80. The summed E-state index contributed by atoms with van der Waals surface area (Å²) in [5.41, 5.74) is 8.19. The summed E-state index contributed by atoms with van der Waals surface area (Å²) in [6, 6.07) is 17.3. The number of nitrogens with two attached hydrogens (primary N) is 1. The van der Waals surface area contributed by atoms with E-state index in [9.17, 15) is 4.79 Å². The average Bonchev–Trinajstić information content (AvgIpc) is 3.37. The topological polar surface area (TPSA) is 99.2 Å². The van der Waals surface area contributed by atoms with Crippen LogP contribution in [0.15, 0.2) is 60.9 Å². The molecule has 0 radical (unpaired) electrons. The fraction of sp³-hybridized carbons (Fsp3) is 0.263. The molecule has 1 amide bonds. The Morgan fingerprint density at radius 1 is 1.15 bits per heavy atom. The number of likely N-dealkylation sites (tertiary alicyclic amines) is 1. The Kier molecular flexibility index (Phi) is 4.80. The number of ether oxygens (including phenoxy) is 1. The fourth-order valence-corrected chi connectivity index (χ4v) is 3.32. The Labute approximate surface area is 156 Å². The number of aromatic nitrogens is 4. The Balaban J connectivity index is 1.37. The van der Waals surface area contributed by atoms with Crippen LogP contribution in [0.4, 0.5) is 0 Å². The number of tetrazole rings is 1. The first kappa shape index (κ1) is 17.2. The van der Waals surface area contributed by atoms with Gasteiger partial charge in [0.15, 0.2) is 6.61 Å². The molecule has 8 nitrogen and oxygen atoms in total. The zero-order valence-electron chi connectivity index (χ0n) is 14.7. The molecule has 8 heteroatoms. The molecule has 2 N–H and O–H groups in total. The molecular formula is C19H20N6O2. The first-order valence-corrected chi connectivity index (χ1v) is 8.75. The van der Waals surface area contributed by atoms with Crippen LogP contribution in [0.1, 0.15) is 11.5 Å². The van der Waals surface area contributed by atoms with Crippen LogP contribution in [0.25, 0.3) is 5.69 Å². The number of hydrogen-bond donors (Lipinski definition) is 1. The number of carbonyl (C=O) groups is 1. The fourth-order valence-electron chi connectivity index (χ4n) is 3.32. The lowest BCUT2D eigenvalue weighted by atomic mass is 9.95. The van der Waals surface area contributed by atoms with Gasteiger partial charge in [-0.15, -0.1) is 5.10 Å². The highest BCUT2D eigenvalue weighted by Gasteiger charge is 2.33. The van der Waals surface area contributed by atoms with Gasteiger partial charge in [0.2, 0.25) is 0 Å². The number of hydrogen-bond acceptors (Lipinski definition) is 6. The second kappa shape index (κ2) is 7.55. The Morgan fingerprint density at radius 2 is 2.00 bits per heavy atom. The summed E-state index contributed by atoms with van der Waals surface area (Å²) in [4.78, 5) is 14.3. The lowest BCUT2D eigenvalue weighted by Gasteiger charge is -2.17. The highest BCUT2D eigenvalue weighted by atomic mass is 16.5. The minimum absolute atomic E-state index is 0.0344. The molecule has 2 atom stereocenters. The summed E-state index contributed by atoms with van der Waals surface area (Å²) < 4.78 is 7.21. The quantitative estimate of drug-likeness (QED) is 0.725. The van der Waals surface area contributed by atoms with Gasteiger partial charge in [0, 0.05) is 31.1 Å². The predicted molar refractivity (Wildman–Crippen MR) is 98.4 cm³/mol.